The second-order valence-corrected chi connectivity index (χ2v) is 20.4. The van der Waals surface area contributed by atoms with E-state index in [2.05, 4.69) is 50.3 Å². The zero-order valence-electron chi connectivity index (χ0n) is 45.6. The molecule has 0 aromatic carbocycles. The molecule has 0 bridgehead atoms. The van der Waals surface area contributed by atoms with E-state index in [1.54, 1.807) is 0 Å². The van der Waals surface area contributed by atoms with Gasteiger partial charge in [0.1, 0.15) is 54.9 Å². The van der Waals surface area contributed by atoms with Gasteiger partial charge in [-0.05, 0) is 38.5 Å². The van der Waals surface area contributed by atoms with Gasteiger partial charge in [-0.25, -0.2) is 0 Å². The molecule has 11 unspecified atom stereocenters. The van der Waals surface area contributed by atoms with E-state index in [9.17, 15) is 40.5 Å². The first-order valence-corrected chi connectivity index (χ1v) is 29.2. The lowest BCUT2D eigenvalue weighted by atomic mass is 9.98. The molecule has 2 rings (SSSR count). The average molecular weight is 1040 g/mol. The highest BCUT2D eigenvalue weighted by atomic mass is 16.7. The number of allylic oxidation sites excluding steroid dienone is 8. The van der Waals surface area contributed by atoms with Gasteiger partial charge in [-0.1, -0.05) is 223 Å². The summed E-state index contributed by atoms with van der Waals surface area (Å²) in [6, 6.07) is 0. The summed E-state index contributed by atoms with van der Waals surface area (Å²) in [7, 11) is 0. The third-order valence-corrected chi connectivity index (χ3v) is 13.9. The largest absolute Gasteiger partial charge is 0.457 e. The maximum atomic E-state index is 13.0. The van der Waals surface area contributed by atoms with E-state index in [0.717, 1.165) is 44.9 Å². The van der Waals surface area contributed by atoms with E-state index in [4.69, 9.17) is 28.4 Å². The minimum absolute atomic E-state index is 0.0345. The molecule has 0 spiro atoms. The highest BCUT2D eigenvalue weighted by Gasteiger charge is 2.47. The number of unbranched alkanes of at least 4 members (excludes halogenated alkanes) is 25. The van der Waals surface area contributed by atoms with Crippen LogP contribution < -0.4 is 0 Å². The van der Waals surface area contributed by atoms with Crippen molar-refractivity contribution in [3.8, 4) is 0 Å². The van der Waals surface area contributed by atoms with E-state index in [1.807, 2.05) is 12.2 Å². The maximum Gasteiger partial charge on any atom is 0.306 e. The normalized spacial score (nSPS) is 25.3. The number of rotatable bonds is 47. The predicted octanol–water partition coefficient (Wildman–Crippen LogP) is 10.3. The Labute approximate surface area is 442 Å². The van der Waals surface area contributed by atoms with E-state index >= 15 is 0 Å². The molecule has 2 fully saturated rings. The molecule has 0 saturated carbocycles. The Morgan fingerprint density at radius 1 is 0.466 bits per heavy atom. The Kier molecular flexibility index (Phi) is 42.3. The van der Waals surface area contributed by atoms with Gasteiger partial charge in [0.15, 0.2) is 12.6 Å². The fourth-order valence-electron chi connectivity index (χ4n) is 9.18. The van der Waals surface area contributed by atoms with Gasteiger partial charge in [0.25, 0.3) is 0 Å². The van der Waals surface area contributed by atoms with Crippen molar-refractivity contribution in [1.29, 1.82) is 0 Å². The Bertz CT molecular complexity index is 1390. The van der Waals surface area contributed by atoms with Crippen molar-refractivity contribution >= 4 is 5.97 Å². The van der Waals surface area contributed by atoms with Crippen molar-refractivity contribution in [3.63, 3.8) is 0 Å². The van der Waals surface area contributed by atoms with Crippen LogP contribution >= 0.6 is 0 Å². The first-order valence-electron chi connectivity index (χ1n) is 29.2. The van der Waals surface area contributed by atoms with Crippen LogP contribution in [-0.2, 0) is 33.2 Å². The number of carbonyl (C=O) groups excluding carboxylic acids is 1. The molecule has 426 valence electrons. The number of carbonyl (C=O) groups is 1. The summed E-state index contributed by atoms with van der Waals surface area (Å²) >= 11 is 0. The van der Waals surface area contributed by atoms with Crippen molar-refractivity contribution in [3.05, 3.63) is 48.6 Å². The topological polar surface area (TPSA) is 214 Å². The zero-order valence-corrected chi connectivity index (χ0v) is 45.6. The second kappa shape index (κ2) is 46.1. The van der Waals surface area contributed by atoms with E-state index in [0.29, 0.717) is 13.0 Å². The van der Waals surface area contributed by atoms with E-state index in [1.165, 1.54) is 148 Å². The molecule has 14 heteroatoms. The molecule has 7 N–H and O–H groups in total. The van der Waals surface area contributed by atoms with Crippen LogP contribution in [0.4, 0.5) is 0 Å². The van der Waals surface area contributed by atoms with Crippen molar-refractivity contribution in [1.82, 2.24) is 0 Å². The molecular weight excluding hydrogens is 933 g/mol. The molecule has 2 saturated heterocycles. The molecular formula is C59H106O14. The van der Waals surface area contributed by atoms with Gasteiger partial charge in [0.2, 0.25) is 0 Å². The predicted molar refractivity (Wildman–Crippen MR) is 289 cm³/mol. The van der Waals surface area contributed by atoms with Crippen LogP contribution in [0.3, 0.4) is 0 Å². The molecule has 2 aliphatic rings. The lowest BCUT2D eigenvalue weighted by Crippen LogP contribution is -2.61. The molecule has 73 heavy (non-hydrogen) atoms. The zero-order chi connectivity index (χ0) is 53.0. The molecule has 2 heterocycles. The van der Waals surface area contributed by atoms with Gasteiger partial charge < -0.3 is 64.2 Å². The third kappa shape index (κ3) is 33.0. The van der Waals surface area contributed by atoms with Crippen LogP contribution in [0.1, 0.15) is 219 Å². The smallest absolute Gasteiger partial charge is 0.306 e. The van der Waals surface area contributed by atoms with Gasteiger partial charge in [-0.3, -0.25) is 4.79 Å². The van der Waals surface area contributed by atoms with Crippen LogP contribution in [0, 0.1) is 0 Å². The Morgan fingerprint density at radius 2 is 0.863 bits per heavy atom. The number of ether oxygens (including phenoxy) is 6. The first kappa shape index (κ1) is 67.1. The summed E-state index contributed by atoms with van der Waals surface area (Å²) in [5.74, 6) is -0.453. The van der Waals surface area contributed by atoms with Gasteiger partial charge in [0.05, 0.1) is 26.4 Å². The average Bonchev–Trinajstić information content (AvgIpc) is 3.39. The molecule has 11 atom stereocenters. The number of hydrogen-bond donors (Lipinski definition) is 7. The number of aliphatic hydroxyl groups excluding tert-OH is 7. The van der Waals surface area contributed by atoms with Crippen LogP contribution in [0.25, 0.3) is 0 Å². The summed E-state index contributed by atoms with van der Waals surface area (Å²) in [5.41, 5.74) is 0. The summed E-state index contributed by atoms with van der Waals surface area (Å²) in [4.78, 5) is 13.0. The summed E-state index contributed by atoms with van der Waals surface area (Å²) in [5, 5.41) is 72.2. The number of hydrogen-bond acceptors (Lipinski definition) is 14. The van der Waals surface area contributed by atoms with E-state index in [-0.39, 0.29) is 19.6 Å². The van der Waals surface area contributed by atoms with Crippen molar-refractivity contribution in [2.45, 2.75) is 287 Å². The Morgan fingerprint density at radius 3 is 1.32 bits per heavy atom. The molecule has 0 aromatic rings. The SMILES string of the molecule is CC/C=C\C/C=C\C/C=C\C/C=C\CCC(=O)OC(COCCCCCCCCCCCCCCCCCCCCCCCCCCCC)COC1OC(COC2OC(CO)C(O)C(O)C2O)C(O)C(O)C1O. The maximum absolute atomic E-state index is 13.0. The van der Waals surface area contributed by atoms with Gasteiger partial charge in [-0.15, -0.1) is 0 Å². The van der Waals surface area contributed by atoms with Crippen molar-refractivity contribution in [2.24, 2.45) is 0 Å². The van der Waals surface area contributed by atoms with Gasteiger partial charge >= 0.3 is 5.97 Å². The summed E-state index contributed by atoms with van der Waals surface area (Å²) < 4.78 is 34.3. The molecule has 0 aromatic heterocycles. The fourth-order valence-corrected chi connectivity index (χ4v) is 9.18. The lowest BCUT2D eigenvalue weighted by molar-refractivity contribution is -0.332. The minimum Gasteiger partial charge on any atom is -0.457 e. The minimum atomic E-state index is -1.72. The van der Waals surface area contributed by atoms with Crippen molar-refractivity contribution < 1.29 is 69.0 Å². The van der Waals surface area contributed by atoms with Crippen LogP contribution in [0.5, 0.6) is 0 Å². The van der Waals surface area contributed by atoms with Gasteiger partial charge in [0, 0.05) is 13.0 Å². The molecule has 2 aliphatic heterocycles. The second-order valence-electron chi connectivity index (χ2n) is 20.4. The highest BCUT2D eigenvalue weighted by Crippen LogP contribution is 2.27. The van der Waals surface area contributed by atoms with Crippen molar-refractivity contribution in [2.75, 3.05) is 33.0 Å². The Balaban J connectivity index is 1.67. The number of esters is 1. The number of aliphatic hydroxyl groups is 7. The summed E-state index contributed by atoms with van der Waals surface area (Å²) in [6.45, 7) is 3.51. The van der Waals surface area contributed by atoms with E-state index < -0.39 is 86.7 Å². The highest BCUT2D eigenvalue weighted by molar-refractivity contribution is 5.69. The quantitative estimate of drug-likeness (QED) is 0.0172. The third-order valence-electron chi connectivity index (χ3n) is 13.9. The van der Waals surface area contributed by atoms with Crippen LogP contribution in [0.2, 0.25) is 0 Å². The monoisotopic (exact) mass is 1040 g/mol. The van der Waals surface area contributed by atoms with Gasteiger partial charge in [-0.2, -0.15) is 0 Å². The summed E-state index contributed by atoms with van der Waals surface area (Å²) in [6.07, 6.45) is 39.3. The molecule has 0 amide bonds. The first-order chi connectivity index (χ1) is 35.6. The Hall–Kier alpha value is -2.05. The molecule has 14 nitrogen and oxygen atoms in total. The van der Waals surface area contributed by atoms with Crippen LogP contribution in [-0.4, -0.2) is 142 Å². The fraction of sp³-hybridized carbons (Fsp3) is 0.847. The molecule has 0 aliphatic carbocycles. The van der Waals surface area contributed by atoms with Crippen LogP contribution in [0.15, 0.2) is 48.6 Å². The molecule has 0 radical (unpaired) electrons. The lowest BCUT2D eigenvalue weighted by Gasteiger charge is -2.42. The standard InChI is InChI=1S/C59H106O14/c1-3-5-7-9-11-13-15-17-18-19-20-21-22-23-24-25-26-27-28-29-31-33-35-37-39-41-43-68-45-48(71-51(61)42-40-38-36-34-32-30-16-14-12-10-8-6-4-2)46-69-58-57(67)55(65)53(63)50(73-58)47-70-59-56(66)54(64)52(62)49(44-60)72-59/h6,8,12,14,30,32,36,38,48-50,52-60,62-67H,3-5,7,9-11,13,15-29,31,33-35,37,39-47H2,1-2H3/b8-6-,14-12-,32-30-,38-36-.